The standard InChI is InChI=1S/C49H44N4O2.C49H43N4O2.3C2H4O2.3Co/c2*1-26-10-9-11-27(2)42(26)43-40-20-18-36(50-40)32-22-30(48(3,4)5)24-34(46(32)54)38-16-14-28-12-13-29-15-17-39(53-45(29)44(28)52-38)35-25-31(49(6,7)8)23-33(47(35)55)37-19-21-41(43)51-37;3*1-2(3)4;;;/h9-25,50,54-55H,1-8H3;9-25H,1-8H3,(H2-,50,51,52,53,54,55);3*1H3,(H,3,4);;;/q;-1;;;;;;. The number of H-pyrrole nitrogens is 1. The first-order valence-electron chi connectivity index (χ1n) is 40.5. The number of hydrogen-bond donors (Lipinski definition) is 8. The summed E-state index contributed by atoms with van der Waals surface area (Å²) in [6, 6.07) is 61.4. The predicted octanol–water partition coefficient (Wildman–Crippen LogP) is 25.1. The number of pyridine rings is 4. The summed E-state index contributed by atoms with van der Waals surface area (Å²) in [6.07, 6.45) is 8.03. The van der Waals surface area contributed by atoms with Gasteiger partial charge in [-0.15, -0.1) is 11.0 Å². The molecule has 0 aliphatic carbocycles. The Labute approximate surface area is 755 Å². The van der Waals surface area contributed by atoms with E-state index in [1.165, 1.54) is 0 Å². The van der Waals surface area contributed by atoms with Crippen LogP contribution in [0.3, 0.4) is 0 Å². The number of aromatic hydroxyl groups is 4. The van der Waals surface area contributed by atoms with Crippen LogP contribution >= 0.6 is 0 Å². The molecule has 18 rings (SSSR count). The molecule has 0 spiro atoms. The van der Waals surface area contributed by atoms with Crippen LogP contribution in [0.5, 0.6) is 23.0 Å². The van der Waals surface area contributed by atoms with Crippen LogP contribution in [0.1, 0.15) is 171 Å². The monoisotopic (exact) mass is 1800 g/mol. The fraction of sp³-hybridized carbons (Fsp3) is 0.221. The van der Waals surface area contributed by atoms with Crippen molar-refractivity contribution < 1.29 is 100 Å². The van der Waals surface area contributed by atoms with Crippen LogP contribution in [0, 0.1) is 27.7 Å². The Bertz CT molecular complexity index is 6950. The number of phenols is 4. The van der Waals surface area contributed by atoms with Gasteiger partial charge in [-0.2, -0.15) is 0 Å². The molecule has 2 aliphatic rings. The molecule has 3 radical (unpaired) electrons. The normalized spacial score (nSPS) is 11.9. The maximum atomic E-state index is 12.2. The van der Waals surface area contributed by atoms with Crippen molar-refractivity contribution in [3.63, 3.8) is 0 Å². The molecule has 0 amide bonds. The second kappa shape index (κ2) is 35.9. The first-order chi connectivity index (χ1) is 57.5. The van der Waals surface area contributed by atoms with Crippen LogP contribution in [-0.4, -0.2) is 88.5 Å². The van der Waals surface area contributed by atoms with Crippen molar-refractivity contribution in [3.8, 4) is 45.3 Å². The van der Waals surface area contributed by atoms with Crippen molar-refractivity contribution in [2.24, 2.45) is 0 Å². The van der Waals surface area contributed by atoms with Crippen molar-refractivity contribution in [1.29, 1.82) is 0 Å². The van der Waals surface area contributed by atoms with E-state index < -0.39 is 17.9 Å². The van der Waals surface area contributed by atoms with Gasteiger partial charge >= 0.3 is 0 Å². The van der Waals surface area contributed by atoms with E-state index in [0.717, 1.165) is 148 Å². The summed E-state index contributed by atoms with van der Waals surface area (Å²) < 4.78 is 0. The van der Waals surface area contributed by atoms with E-state index in [4.69, 9.17) is 64.6 Å². The number of carboxylic acid groups (broad SMARTS) is 3. The zero-order valence-corrected chi connectivity index (χ0v) is 76.2. The van der Waals surface area contributed by atoms with Gasteiger partial charge in [0.1, 0.15) is 23.0 Å². The van der Waals surface area contributed by atoms with Gasteiger partial charge in [-0.3, -0.25) is 14.4 Å². The number of nitrogens with one attached hydrogen (secondary N) is 1. The van der Waals surface area contributed by atoms with Gasteiger partial charge in [-0.25, -0.2) is 29.9 Å². The van der Waals surface area contributed by atoms with Crippen molar-refractivity contribution in [1.82, 2.24) is 39.9 Å². The smallest absolute Gasteiger partial charge is 0.300 e. The first kappa shape index (κ1) is 93.1. The van der Waals surface area contributed by atoms with Gasteiger partial charge in [-0.1, -0.05) is 180 Å². The number of aryl methyl sites for hydroxylation is 4. The Balaban J connectivity index is 0.000000211. The van der Waals surface area contributed by atoms with Gasteiger partial charge in [0.25, 0.3) is 17.9 Å². The Morgan fingerprint density at radius 3 is 0.888 bits per heavy atom. The third kappa shape index (κ3) is 18.9. The average Bonchev–Trinajstić information content (AvgIpc) is 1.72. The maximum absolute atomic E-state index is 12.2. The maximum Gasteiger partial charge on any atom is 0.300 e. The molecule has 24 bridgehead atoms. The molecule has 0 atom stereocenters. The van der Waals surface area contributed by atoms with Gasteiger partial charge in [0.05, 0.1) is 66.9 Å². The number of hydrogen-bond acceptors (Lipinski definition) is 13. The van der Waals surface area contributed by atoms with E-state index in [-0.39, 0.29) is 95.0 Å². The van der Waals surface area contributed by atoms with Crippen LogP contribution in [0.15, 0.2) is 182 Å². The fourth-order valence-electron chi connectivity index (χ4n) is 15.8. The van der Waals surface area contributed by atoms with E-state index in [9.17, 15) is 20.4 Å². The van der Waals surface area contributed by atoms with Gasteiger partial charge in [0.2, 0.25) is 0 Å². The number of rotatable bonds is 2. The molecular formula is C104H99Co3N8O10-. The largest absolute Gasteiger partial charge is 0.657 e. The first-order valence-corrected chi connectivity index (χ1v) is 40.5. The van der Waals surface area contributed by atoms with Crippen molar-refractivity contribution >= 4 is 173 Å². The minimum atomic E-state index is -0.833. The summed E-state index contributed by atoms with van der Waals surface area (Å²) in [5, 5.41) is 79.9. The molecule has 0 unspecified atom stereocenters. The summed E-state index contributed by atoms with van der Waals surface area (Å²) in [6.45, 7) is 37.8. The zero-order valence-electron chi connectivity index (χ0n) is 73.1. The van der Waals surface area contributed by atoms with Gasteiger partial charge in [0.15, 0.2) is 0 Å². The molecule has 18 nitrogen and oxygen atoms in total. The van der Waals surface area contributed by atoms with Gasteiger partial charge in [0, 0.05) is 152 Å². The molecule has 8 aromatic carbocycles. The average molecular weight is 1800 g/mol. The van der Waals surface area contributed by atoms with Crippen molar-refractivity contribution in [2.45, 2.75) is 153 Å². The molecule has 0 fully saturated rings. The minimum absolute atomic E-state index is 0. The number of carbonyl (C=O) groups is 3. The summed E-state index contributed by atoms with van der Waals surface area (Å²) in [5.74, 6) is -1.98. The van der Waals surface area contributed by atoms with E-state index in [2.05, 4.69) is 219 Å². The van der Waals surface area contributed by atoms with Gasteiger partial charge < -0.3 is 45.7 Å². The van der Waals surface area contributed by atoms with Crippen LogP contribution in [-0.2, 0) is 86.4 Å². The van der Waals surface area contributed by atoms with Gasteiger partial charge in [-0.05, 0) is 220 Å². The predicted molar refractivity (Wildman–Crippen MR) is 499 cm³/mol. The Morgan fingerprint density at radius 1 is 0.296 bits per heavy atom. The third-order valence-electron chi connectivity index (χ3n) is 22.3. The number of carboxylic acids is 3. The van der Waals surface area contributed by atoms with Crippen molar-refractivity contribution in [2.75, 3.05) is 0 Å². The molecular weight excluding hydrogens is 1700 g/mol. The van der Waals surface area contributed by atoms with E-state index >= 15 is 0 Å². The summed E-state index contributed by atoms with van der Waals surface area (Å²) in [5.41, 5.74) is 23.1. The molecule has 2 aliphatic heterocycles. The van der Waals surface area contributed by atoms with Crippen LogP contribution in [0.2, 0.25) is 0 Å². The number of fused-ring (bicyclic) bond motifs is 28. The quantitative estimate of drug-likeness (QED) is 0.0746. The van der Waals surface area contributed by atoms with E-state index in [1.54, 1.807) is 0 Å². The summed E-state index contributed by atoms with van der Waals surface area (Å²) >= 11 is 0. The second-order valence-corrected chi connectivity index (χ2v) is 35.7. The molecule has 16 aromatic rings. The third-order valence-corrected chi connectivity index (χ3v) is 22.3. The number of phenolic OH excluding ortho intramolecular Hbond substituents is 4. The number of benzene rings is 8. The Hall–Kier alpha value is -12.6. The number of aromatic amines is 1. The van der Waals surface area contributed by atoms with E-state index in [1.807, 2.05) is 103 Å². The Morgan fingerprint density at radius 2 is 0.552 bits per heavy atom. The molecule has 21 heteroatoms. The molecule has 8 aromatic heterocycles. The summed E-state index contributed by atoms with van der Waals surface area (Å²) in [7, 11) is 0. The van der Waals surface area contributed by atoms with Crippen LogP contribution in [0.25, 0.3) is 177 Å². The van der Waals surface area contributed by atoms with Crippen LogP contribution < -0.4 is 4.98 Å². The second-order valence-electron chi connectivity index (χ2n) is 35.7. The van der Waals surface area contributed by atoms with Crippen molar-refractivity contribution in [3.05, 3.63) is 249 Å². The van der Waals surface area contributed by atoms with Crippen LogP contribution in [0.4, 0.5) is 0 Å². The molecule has 643 valence electrons. The Kier molecular flexibility index (Phi) is 26.8. The number of nitrogens with zero attached hydrogens (tertiary/aromatic N) is 7. The molecule has 0 saturated carbocycles. The molecule has 0 saturated heterocycles. The topological polar surface area (TPSA) is 300 Å². The molecule has 125 heavy (non-hydrogen) atoms. The van der Waals surface area contributed by atoms with E-state index in [0.29, 0.717) is 93.1 Å². The SMILES string of the molecule is CC(=O)O.CC(=O)O.CC(=O)O.Cc1cccc(C)c1-c1c2nc(c3cc(C(C)(C)C)cc(c3O)c3ccc4ccc5ccc(nc5c4n3)c3cc(C(C)(C)C)cc(c3O)c3ccc1[n-]3)C=C2.Cc1cccc(C)c1-c1c2nc(c3cc(C(C)(C)C)cc(c3O)c3ccc4ccc5ccc(nc5c4n3)c3cc(C(C)(C)C)cc(c3O)c3ccc1[nH]3)C=C2.[Co].[Co].[Co]. The number of aromatic nitrogens is 8. The minimum Gasteiger partial charge on any atom is -0.657 e. The molecule has 8 N–H and O–H groups in total. The number of aliphatic carboxylic acids is 3. The summed E-state index contributed by atoms with van der Waals surface area (Å²) in [4.78, 5) is 67.5. The zero-order chi connectivity index (χ0) is 87.8. The fourth-order valence-corrected chi connectivity index (χ4v) is 15.8. The molecule has 10 heterocycles.